The maximum absolute atomic E-state index is 12.4. The Morgan fingerprint density at radius 3 is 2.62 bits per heavy atom. The predicted molar refractivity (Wildman–Crippen MR) is 105 cm³/mol. The van der Waals surface area contributed by atoms with Crippen molar-refractivity contribution in [2.24, 2.45) is 5.92 Å². The van der Waals surface area contributed by atoms with E-state index in [1.165, 1.54) is 5.56 Å². The van der Waals surface area contributed by atoms with E-state index in [1.54, 1.807) is 0 Å². The summed E-state index contributed by atoms with van der Waals surface area (Å²) in [5.74, 6) is -0.0296. The van der Waals surface area contributed by atoms with Crippen LogP contribution in [0.25, 0.3) is 0 Å². The molecule has 2 rings (SSSR count). The number of carbonyl (C=O) groups excluding carboxylic acids is 2. The monoisotopic (exact) mass is 359 g/mol. The topological polar surface area (TPSA) is 52.7 Å². The summed E-state index contributed by atoms with van der Waals surface area (Å²) in [6, 6.07) is 10.6. The molecule has 144 valence electrons. The van der Waals surface area contributed by atoms with Gasteiger partial charge in [0.05, 0.1) is 6.54 Å². The Hall–Kier alpha value is -1.88. The third kappa shape index (κ3) is 6.79. The first-order valence-corrected chi connectivity index (χ1v) is 9.92. The van der Waals surface area contributed by atoms with Gasteiger partial charge in [0.15, 0.2) is 0 Å². The standard InChI is InChI=1S/C21H33N3O2/c1-3-18(2)21(26)22-17-20(25)24-14-8-13-23(15-16-24)12-7-11-19-9-5-4-6-10-19/h4-6,9-10,18H,3,7-8,11-17H2,1-2H3,(H,22,26). The lowest BCUT2D eigenvalue weighted by molar-refractivity contribution is -0.133. The molecule has 0 aliphatic carbocycles. The summed E-state index contributed by atoms with van der Waals surface area (Å²) in [7, 11) is 0. The molecule has 1 aromatic rings. The smallest absolute Gasteiger partial charge is 0.242 e. The van der Waals surface area contributed by atoms with E-state index in [0.717, 1.165) is 58.4 Å². The zero-order valence-corrected chi connectivity index (χ0v) is 16.2. The van der Waals surface area contributed by atoms with Crippen LogP contribution in [0.2, 0.25) is 0 Å². The fourth-order valence-corrected chi connectivity index (χ4v) is 3.23. The molecule has 1 aromatic carbocycles. The minimum Gasteiger partial charge on any atom is -0.347 e. The molecule has 5 nitrogen and oxygen atoms in total. The minimum atomic E-state index is -0.0351. The van der Waals surface area contributed by atoms with E-state index in [0.29, 0.717) is 0 Å². The van der Waals surface area contributed by atoms with Crippen molar-refractivity contribution in [1.82, 2.24) is 15.1 Å². The van der Waals surface area contributed by atoms with Crippen molar-refractivity contribution < 1.29 is 9.59 Å². The summed E-state index contributed by atoms with van der Waals surface area (Å²) in [6.07, 6.45) is 4.03. The van der Waals surface area contributed by atoms with Gasteiger partial charge in [-0.2, -0.15) is 0 Å². The second kappa shape index (κ2) is 11.0. The molecule has 1 N–H and O–H groups in total. The molecule has 0 spiro atoms. The molecule has 1 unspecified atom stereocenters. The lowest BCUT2D eigenvalue weighted by atomic mass is 10.1. The van der Waals surface area contributed by atoms with Crippen LogP contribution in [0.4, 0.5) is 0 Å². The van der Waals surface area contributed by atoms with E-state index >= 15 is 0 Å². The van der Waals surface area contributed by atoms with Gasteiger partial charge in [0.25, 0.3) is 0 Å². The lowest BCUT2D eigenvalue weighted by Gasteiger charge is -2.22. The Kier molecular flexibility index (Phi) is 8.62. The van der Waals surface area contributed by atoms with Crippen LogP contribution in [0, 0.1) is 5.92 Å². The van der Waals surface area contributed by atoms with E-state index < -0.39 is 0 Å². The molecule has 0 aromatic heterocycles. The predicted octanol–water partition coefficient (Wildman–Crippen LogP) is 2.32. The Morgan fingerprint density at radius 2 is 1.88 bits per heavy atom. The highest BCUT2D eigenvalue weighted by atomic mass is 16.2. The summed E-state index contributed by atoms with van der Waals surface area (Å²) < 4.78 is 0. The van der Waals surface area contributed by atoms with Crippen LogP contribution in [0.1, 0.15) is 38.7 Å². The Morgan fingerprint density at radius 1 is 1.12 bits per heavy atom. The van der Waals surface area contributed by atoms with Crippen LogP contribution in [-0.4, -0.2) is 60.9 Å². The van der Waals surface area contributed by atoms with Gasteiger partial charge in [-0.1, -0.05) is 44.2 Å². The number of rotatable bonds is 8. The van der Waals surface area contributed by atoms with Crippen molar-refractivity contribution in [3.63, 3.8) is 0 Å². The highest BCUT2D eigenvalue weighted by Crippen LogP contribution is 2.07. The first-order valence-electron chi connectivity index (χ1n) is 9.92. The molecule has 1 saturated heterocycles. The number of hydrogen-bond donors (Lipinski definition) is 1. The number of carbonyl (C=O) groups is 2. The Labute approximate surface area is 157 Å². The van der Waals surface area contributed by atoms with E-state index in [1.807, 2.05) is 18.7 Å². The van der Waals surface area contributed by atoms with E-state index in [9.17, 15) is 9.59 Å². The Balaban J connectivity index is 1.68. The van der Waals surface area contributed by atoms with Gasteiger partial charge in [-0.3, -0.25) is 9.59 Å². The van der Waals surface area contributed by atoms with Crippen LogP contribution in [-0.2, 0) is 16.0 Å². The van der Waals surface area contributed by atoms with Crippen LogP contribution >= 0.6 is 0 Å². The number of hydrogen-bond acceptors (Lipinski definition) is 3. The third-order valence-electron chi connectivity index (χ3n) is 5.20. The van der Waals surface area contributed by atoms with Crippen molar-refractivity contribution in [3.05, 3.63) is 35.9 Å². The molecule has 2 amide bonds. The van der Waals surface area contributed by atoms with Gasteiger partial charge in [-0.15, -0.1) is 0 Å². The molecular weight excluding hydrogens is 326 g/mol. The molecule has 0 bridgehead atoms. The maximum Gasteiger partial charge on any atom is 0.242 e. The summed E-state index contributed by atoms with van der Waals surface area (Å²) in [6.45, 7) is 8.55. The van der Waals surface area contributed by atoms with Crippen molar-refractivity contribution >= 4 is 11.8 Å². The summed E-state index contributed by atoms with van der Waals surface area (Å²) in [5, 5.41) is 2.77. The van der Waals surface area contributed by atoms with Gasteiger partial charge < -0.3 is 15.1 Å². The highest BCUT2D eigenvalue weighted by Gasteiger charge is 2.20. The zero-order valence-electron chi connectivity index (χ0n) is 16.2. The van der Waals surface area contributed by atoms with Crippen LogP contribution in [0.3, 0.4) is 0 Å². The van der Waals surface area contributed by atoms with Crippen LogP contribution < -0.4 is 5.32 Å². The maximum atomic E-state index is 12.4. The number of benzene rings is 1. The number of aryl methyl sites for hydroxylation is 1. The zero-order chi connectivity index (χ0) is 18.8. The normalized spacial score (nSPS) is 16.8. The molecule has 1 heterocycles. The summed E-state index contributed by atoms with van der Waals surface area (Å²) in [5.41, 5.74) is 1.39. The molecular formula is C21H33N3O2. The van der Waals surface area contributed by atoms with Crippen molar-refractivity contribution in [3.8, 4) is 0 Å². The lowest BCUT2D eigenvalue weighted by Crippen LogP contribution is -2.43. The fourth-order valence-electron chi connectivity index (χ4n) is 3.23. The van der Waals surface area contributed by atoms with Crippen LogP contribution in [0.15, 0.2) is 30.3 Å². The molecule has 0 radical (unpaired) electrons. The molecule has 1 aliphatic rings. The van der Waals surface area contributed by atoms with E-state index in [2.05, 4.69) is 40.5 Å². The summed E-state index contributed by atoms with van der Waals surface area (Å²) >= 11 is 0. The second-order valence-electron chi connectivity index (χ2n) is 7.19. The van der Waals surface area contributed by atoms with Gasteiger partial charge in [0.1, 0.15) is 0 Å². The molecule has 0 saturated carbocycles. The van der Waals surface area contributed by atoms with Gasteiger partial charge >= 0.3 is 0 Å². The SMILES string of the molecule is CCC(C)C(=O)NCC(=O)N1CCCN(CCCc2ccccc2)CC1. The second-order valence-corrected chi connectivity index (χ2v) is 7.19. The average molecular weight is 360 g/mol. The summed E-state index contributed by atoms with van der Waals surface area (Å²) in [4.78, 5) is 28.5. The van der Waals surface area contributed by atoms with Crippen LogP contribution in [0.5, 0.6) is 0 Å². The average Bonchev–Trinajstić information content (AvgIpc) is 2.92. The fraction of sp³-hybridized carbons (Fsp3) is 0.619. The van der Waals surface area contributed by atoms with E-state index in [-0.39, 0.29) is 24.3 Å². The number of nitrogens with one attached hydrogen (secondary N) is 1. The molecule has 1 atom stereocenters. The van der Waals surface area contributed by atoms with Gasteiger partial charge in [-0.25, -0.2) is 0 Å². The molecule has 5 heteroatoms. The van der Waals surface area contributed by atoms with Gasteiger partial charge in [0.2, 0.25) is 11.8 Å². The van der Waals surface area contributed by atoms with Gasteiger partial charge in [0, 0.05) is 25.6 Å². The Bertz CT molecular complexity index is 562. The molecule has 26 heavy (non-hydrogen) atoms. The minimum absolute atomic E-state index is 0.0294. The van der Waals surface area contributed by atoms with Crippen molar-refractivity contribution in [2.75, 3.05) is 39.3 Å². The number of amides is 2. The van der Waals surface area contributed by atoms with E-state index in [4.69, 9.17) is 0 Å². The first kappa shape index (κ1) is 20.4. The van der Waals surface area contributed by atoms with Crippen molar-refractivity contribution in [1.29, 1.82) is 0 Å². The molecule has 1 fully saturated rings. The first-order chi connectivity index (χ1) is 12.6. The van der Waals surface area contributed by atoms with Gasteiger partial charge in [-0.05, 0) is 44.3 Å². The molecule has 1 aliphatic heterocycles. The van der Waals surface area contributed by atoms with Crippen molar-refractivity contribution in [2.45, 2.75) is 39.5 Å². The third-order valence-corrected chi connectivity index (χ3v) is 5.20. The quantitative estimate of drug-likeness (QED) is 0.775. The largest absolute Gasteiger partial charge is 0.347 e. The number of nitrogens with zero attached hydrogens (tertiary/aromatic N) is 2. The highest BCUT2D eigenvalue weighted by molar-refractivity contribution is 5.85.